The van der Waals surface area contributed by atoms with Crippen LogP contribution in [0.5, 0.6) is 5.88 Å². The molecule has 10 heteroatoms. The maximum atomic E-state index is 12.1. The van der Waals surface area contributed by atoms with E-state index in [0.717, 1.165) is 0 Å². The largest absolute Gasteiger partial charge is 0.462 e. The Morgan fingerprint density at radius 1 is 1.50 bits per heavy atom. The number of likely N-dealkylation sites (tertiary alicyclic amines) is 2. The Balaban J connectivity index is 1.48. The first-order chi connectivity index (χ1) is 11.2. The van der Waals surface area contributed by atoms with Crippen molar-refractivity contribution in [1.82, 2.24) is 19.6 Å². The molecule has 2 aliphatic heterocycles. The second-order valence-corrected chi connectivity index (χ2v) is 6.81. The summed E-state index contributed by atoms with van der Waals surface area (Å²) in [7, 11) is 1.53. The molecule has 1 aromatic heterocycles. The highest BCUT2D eigenvalue weighted by molar-refractivity contribution is 5.88. The van der Waals surface area contributed by atoms with Gasteiger partial charge in [-0.15, -0.1) is 5.10 Å². The van der Waals surface area contributed by atoms with Gasteiger partial charge in [-0.1, -0.05) is 0 Å². The van der Waals surface area contributed by atoms with Gasteiger partial charge in [0.25, 0.3) is 5.91 Å². The molecule has 3 rings (SSSR count). The minimum Gasteiger partial charge on any atom is -0.462 e. The van der Waals surface area contributed by atoms with Crippen molar-refractivity contribution in [2.45, 2.75) is 19.9 Å². The SMILES string of the molecule is Cn1cc([N+](=O)[O-])c(OCC(=O)N2CC(N3CC(C)(C)C3=O)C2)n1. The van der Waals surface area contributed by atoms with E-state index in [9.17, 15) is 19.7 Å². The molecule has 0 bridgehead atoms. The lowest BCUT2D eigenvalue weighted by atomic mass is 9.81. The van der Waals surface area contributed by atoms with Crippen molar-refractivity contribution >= 4 is 17.5 Å². The van der Waals surface area contributed by atoms with Gasteiger partial charge in [-0.3, -0.25) is 24.4 Å². The molecule has 0 saturated carbocycles. The third-order valence-electron chi connectivity index (χ3n) is 4.37. The molecule has 24 heavy (non-hydrogen) atoms. The second kappa shape index (κ2) is 5.46. The molecule has 0 unspecified atom stereocenters. The predicted molar refractivity (Wildman–Crippen MR) is 81.2 cm³/mol. The molecule has 0 N–H and O–H groups in total. The van der Waals surface area contributed by atoms with Crippen LogP contribution in [0.25, 0.3) is 0 Å². The fourth-order valence-corrected chi connectivity index (χ4v) is 2.92. The summed E-state index contributed by atoms with van der Waals surface area (Å²) in [5.41, 5.74) is -0.578. The van der Waals surface area contributed by atoms with E-state index in [1.807, 2.05) is 13.8 Å². The summed E-state index contributed by atoms with van der Waals surface area (Å²) < 4.78 is 6.44. The third-order valence-corrected chi connectivity index (χ3v) is 4.37. The first-order valence-corrected chi connectivity index (χ1v) is 7.59. The predicted octanol–water partition coefficient (Wildman–Crippen LogP) is -0.214. The molecular formula is C14H19N5O5. The van der Waals surface area contributed by atoms with E-state index >= 15 is 0 Å². The standard InChI is InChI=1S/C14H19N5O5/c1-14(2)8-18(13(14)21)9-4-17(5-9)11(20)7-24-12-10(19(22)23)6-16(3)15-12/h6,9H,4-5,7-8H2,1-3H3. The van der Waals surface area contributed by atoms with Crippen LogP contribution in [-0.2, 0) is 16.6 Å². The Morgan fingerprint density at radius 3 is 2.71 bits per heavy atom. The topological polar surface area (TPSA) is 111 Å². The van der Waals surface area contributed by atoms with Gasteiger partial charge >= 0.3 is 11.6 Å². The Bertz CT molecular complexity index is 706. The molecule has 0 atom stereocenters. The van der Waals surface area contributed by atoms with Gasteiger partial charge in [0.1, 0.15) is 6.20 Å². The number of aromatic nitrogens is 2. The van der Waals surface area contributed by atoms with Crippen molar-refractivity contribution in [3.05, 3.63) is 16.3 Å². The number of ether oxygens (including phenoxy) is 1. The Labute approximate surface area is 138 Å². The highest BCUT2D eigenvalue weighted by Crippen LogP contribution is 2.34. The van der Waals surface area contributed by atoms with Gasteiger partial charge in [0, 0.05) is 26.7 Å². The molecule has 0 aliphatic carbocycles. The minimum atomic E-state index is -0.607. The van der Waals surface area contributed by atoms with Crippen LogP contribution in [0, 0.1) is 15.5 Å². The smallest absolute Gasteiger partial charge is 0.350 e. The lowest BCUT2D eigenvalue weighted by Gasteiger charge is -2.54. The van der Waals surface area contributed by atoms with E-state index in [4.69, 9.17) is 4.74 Å². The summed E-state index contributed by atoms with van der Waals surface area (Å²) in [6.07, 6.45) is 1.22. The quantitative estimate of drug-likeness (QED) is 0.417. The van der Waals surface area contributed by atoms with Gasteiger partial charge in [-0.2, -0.15) is 0 Å². The van der Waals surface area contributed by atoms with E-state index in [0.29, 0.717) is 19.6 Å². The van der Waals surface area contributed by atoms with Crippen LogP contribution in [0.2, 0.25) is 0 Å². The van der Waals surface area contributed by atoms with Crippen molar-refractivity contribution in [3.8, 4) is 5.88 Å². The normalized spacial score (nSPS) is 19.7. The number of carbonyl (C=O) groups excluding carboxylic acids is 2. The summed E-state index contributed by atoms with van der Waals surface area (Å²) in [6.45, 7) is 5.13. The average Bonchev–Trinajstić information content (AvgIpc) is 2.83. The van der Waals surface area contributed by atoms with Crippen LogP contribution in [-0.4, -0.2) is 68.6 Å². The highest BCUT2D eigenvalue weighted by atomic mass is 16.6. The van der Waals surface area contributed by atoms with E-state index in [1.54, 1.807) is 9.80 Å². The van der Waals surface area contributed by atoms with Gasteiger partial charge in [0.05, 0.1) is 16.4 Å². The van der Waals surface area contributed by atoms with Crippen LogP contribution in [0.15, 0.2) is 6.20 Å². The van der Waals surface area contributed by atoms with Crippen molar-refractivity contribution in [2.75, 3.05) is 26.2 Å². The molecule has 130 valence electrons. The van der Waals surface area contributed by atoms with Crippen LogP contribution >= 0.6 is 0 Å². The van der Waals surface area contributed by atoms with Crippen molar-refractivity contribution < 1.29 is 19.2 Å². The molecule has 10 nitrogen and oxygen atoms in total. The third kappa shape index (κ3) is 2.68. The molecule has 0 radical (unpaired) electrons. The van der Waals surface area contributed by atoms with Crippen molar-refractivity contribution in [3.63, 3.8) is 0 Å². The van der Waals surface area contributed by atoms with E-state index < -0.39 is 4.92 Å². The Hall–Kier alpha value is -2.65. The summed E-state index contributed by atoms with van der Waals surface area (Å²) in [4.78, 5) is 37.6. The zero-order valence-corrected chi connectivity index (χ0v) is 13.8. The molecule has 0 spiro atoms. The van der Waals surface area contributed by atoms with E-state index in [2.05, 4.69) is 5.10 Å². The number of aryl methyl sites for hydroxylation is 1. The van der Waals surface area contributed by atoms with E-state index in [-0.39, 0.29) is 41.4 Å². The van der Waals surface area contributed by atoms with Gasteiger partial charge in [0.15, 0.2) is 6.61 Å². The number of amides is 2. The number of carbonyl (C=O) groups is 2. The monoisotopic (exact) mass is 337 g/mol. The molecule has 3 heterocycles. The molecule has 2 fully saturated rings. The van der Waals surface area contributed by atoms with Crippen molar-refractivity contribution in [1.29, 1.82) is 0 Å². The Kier molecular flexibility index (Phi) is 3.69. The number of hydrogen-bond acceptors (Lipinski definition) is 6. The molecule has 0 aromatic carbocycles. The van der Waals surface area contributed by atoms with Crippen LogP contribution in [0.4, 0.5) is 5.69 Å². The molecule has 2 amide bonds. The summed E-state index contributed by atoms with van der Waals surface area (Å²) in [5, 5.41) is 14.7. The second-order valence-electron chi connectivity index (χ2n) is 6.81. The number of rotatable bonds is 5. The zero-order valence-electron chi connectivity index (χ0n) is 13.8. The first-order valence-electron chi connectivity index (χ1n) is 7.59. The van der Waals surface area contributed by atoms with E-state index in [1.165, 1.54) is 17.9 Å². The van der Waals surface area contributed by atoms with Crippen LogP contribution in [0.3, 0.4) is 0 Å². The van der Waals surface area contributed by atoms with Gasteiger partial charge in [-0.05, 0) is 13.8 Å². The zero-order chi connectivity index (χ0) is 17.6. The summed E-state index contributed by atoms with van der Waals surface area (Å²) >= 11 is 0. The molecular weight excluding hydrogens is 318 g/mol. The summed E-state index contributed by atoms with van der Waals surface area (Å²) in [6, 6.07) is 0.0543. The number of nitro groups is 1. The molecule has 2 aliphatic rings. The van der Waals surface area contributed by atoms with Crippen molar-refractivity contribution in [2.24, 2.45) is 12.5 Å². The fourth-order valence-electron chi connectivity index (χ4n) is 2.92. The maximum Gasteiger partial charge on any atom is 0.350 e. The molecule has 2 saturated heterocycles. The van der Waals surface area contributed by atoms with Crippen LogP contribution in [0.1, 0.15) is 13.8 Å². The molecule has 1 aromatic rings. The lowest BCUT2D eigenvalue weighted by Crippen LogP contribution is -2.71. The summed E-state index contributed by atoms with van der Waals surface area (Å²) in [5.74, 6) is -0.342. The lowest BCUT2D eigenvalue weighted by molar-refractivity contribution is -0.385. The maximum absolute atomic E-state index is 12.1. The van der Waals surface area contributed by atoms with Gasteiger partial charge < -0.3 is 14.5 Å². The minimum absolute atomic E-state index is 0.0543. The number of nitrogens with zero attached hydrogens (tertiary/aromatic N) is 5. The van der Waals surface area contributed by atoms with Crippen LogP contribution < -0.4 is 4.74 Å². The average molecular weight is 337 g/mol. The fraction of sp³-hybridized carbons (Fsp3) is 0.643. The first kappa shape index (κ1) is 16.2. The highest BCUT2D eigenvalue weighted by Gasteiger charge is 2.50. The number of β-lactam (4-membered cyclic amide) rings is 1. The number of hydrogen-bond donors (Lipinski definition) is 0. The van der Waals surface area contributed by atoms with Gasteiger partial charge in [-0.25, -0.2) is 0 Å². The Morgan fingerprint density at radius 2 is 2.17 bits per heavy atom. The van der Waals surface area contributed by atoms with Gasteiger partial charge in [0.2, 0.25) is 5.91 Å².